The molecule has 0 aliphatic rings. The van der Waals surface area contributed by atoms with Gasteiger partial charge in [-0.1, -0.05) is 0 Å². The number of hydrogen-bond donors (Lipinski definition) is 0. The Morgan fingerprint density at radius 1 is 1.69 bits per heavy atom. The van der Waals surface area contributed by atoms with Crippen LogP contribution in [0.4, 0.5) is 8.78 Å². The van der Waals surface area contributed by atoms with Gasteiger partial charge in [0.2, 0.25) is 5.78 Å². The van der Waals surface area contributed by atoms with Gasteiger partial charge in [0.1, 0.15) is 0 Å². The maximum absolute atomic E-state index is 12.2. The Morgan fingerprint density at radius 2 is 2.31 bits per heavy atom. The summed E-state index contributed by atoms with van der Waals surface area (Å²) >= 11 is 8.93. The predicted molar refractivity (Wildman–Crippen MR) is 51.5 cm³/mol. The first-order chi connectivity index (χ1) is 5.91. The topological polar surface area (TPSA) is 17.1 Å². The van der Waals surface area contributed by atoms with E-state index in [0.717, 1.165) is 0 Å². The summed E-state index contributed by atoms with van der Waals surface area (Å²) in [6.45, 7) is 0. The van der Waals surface area contributed by atoms with Gasteiger partial charge in [0, 0.05) is 15.8 Å². The Hall–Kier alpha value is -0.0000000000000000555. The summed E-state index contributed by atoms with van der Waals surface area (Å²) in [4.78, 5) is 11.3. The average molecular weight is 290 g/mol. The second kappa shape index (κ2) is 4.02. The van der Waals surface area contributed by atoms with Gasteiger partial charge in [-0.15, -0.1) is 11.3 Å². The zero-order valence-electron chi connectivity index (χ0n) is 6.19. The van der Waals surface area contributed by atoms with Crippen LogP contribution in [-0.2, 0) is 11.2 Å². The lowest BCUT2D eigenvalue weighted by Gasteiger charge is -2.04. The van der Waals surface area contributed by atoms with Crippen LogP contribution in [0, 0.1) is 0 Å². The number of thiophene rings is 1. The van der Waals surface area contributed by atoms with E-state index in [1.54, 1.807) is 11.4 Å². The molecule has 0 aliphatic carbocycles. The molecule has 1 nitrogen and oxygen atoms in total. The molecule has 0 radical (unpaired) electrons. The monoisotopic (exact) mass is 288 g/mol. The number of hydrogen-bond acceptors (Lipinski definition) is 2. The average Bonchev–Trinajstić information content (AvgIpc) is 2.34. The number of carbonyl (C=O) groups excluding carboxylic acids is 1. The van der Waals surface area contributed by atoms with Crippen LogP contribution in [0.5, 0.6) is 0 Å². The summed E-state index contributed by atoms with van der Waals surface area (Å²) in [6, 6.07) is 1.69. The zero-order valence-corrected chi connectivity index (χ0v) is 9.35. The summed E-state index contributed by atoms with van der Waals surface area (Å²) in [5.74, 6) is -1.28. The molecule has 13 heavy (non-hydrogen) atoms. The minimum atomic E-state index is -3.76. The van der Waals surface area contributed by atoms with Crippen molar-refractivity contribution in [2.75, 3.05) is 0 Å². The van der Waals surface area contributed by atoms with Gasteiger partial charge < -0.3 is 0 Å². The van der Waals surface area contributed by atoms with Crippen LogP contribution in [0.25, 0.3) is 0 Å². The lowest BCUT2D eigenvalue weighted by molar-refractivity contribution is -0.132. The third-order valence-corrected chi connectivity index (χ3v) is 3.47. The van der Waals surface area contributed by atoms with Gasteiger partial charge in [0.05, 0.1) is 0 Å². The molecule has 0 saturated carbocycles. The molecular formula is C7H4BrClF2OS. The first-order valence-corrected chi connectivity index (χ1v) is 5.28. The van der Waals surface area contributed by atoms with Crippen molar-refractivity contribution in [2.45, 2.75) is 11.8 Å². The van der Waals surface area contributed by atoms with E-state index in [1.807, 2.05) is 0 Å². The van der Waals surface area contributed by atoms with Crippen molar-refractivity contribution >= 4 is 44.7 Å². The fraction of sp³-hybridized carbons (Fsp3) is 0.286. The lowest BCUT2D eigenvalue weighted by atomic mass is 10.2. The molecule has 0 N–H and O–H groups in total. The zero-order chi connectivity index (χ0) is 10.1. The highest BCUT2D eigenvalue weighted by Gasteiger charge is 2.35. The summed E-state index contributed by atoms with van der Waals surface area (Å²) < 4.78 is 25.1. The van der Waals surface area contributed by atoms with E-state index in [-0.39, 0.29) is 6.42 Å². The van der Waals surface area contributed by atoms with Crippen LogP contribution >= 0.6 is 38.9 Å². The maximum Gasteiger partial charge on any atom is 0.380 e. The molecule has 0 saturated heterocycles. The van der Waals surface area contributed by atoms with Crippen molar-refractivity contribution in [1.29, 1.82) is 0 Å². The molecule has 0 spiro atoms. The van der Waals surface area contributed by atoms with Crippen LogP contribution < -0.4 is 0 Å². The van der Waals surface area contributed by atoms with Gasteiger partial charge in [-0.3, -0.25) is 4.79 Å². The lowest BCUT2D eigenvalue weighted by Crippen LogP contribution is -2.23. The number of Topliss-reactive ketones (excluding diaryl/α,β-unsaturated/α-hetero) is 1. The van der Waals surface area contributed by atoms with Gasteiger partial charge >= 0.3 is 5.38 Å². The van der Waals surface area contributed by atoms with Crippen LogP contribution in [0.3, 0.4) is 0 Å². The van der Waals surface area contributed by atoms with Gasteiger partial charge in [-0.2, -0.15) is 8.78 Å². The van der Waals surface area contributed by atoms with Crippen molar-refractivity contribution in [1.82, 2.24) is 0 Å². The SMILES string of the molecule is O=C(Cc1sccc1Br)C(F)(F)Cl. The Kier molecular flexibility index (Phi) is 3.43. The molecular weight excluding hydrogens is 285 g/mol. The number of rotatable bonds is 3. The Morgan fingerprint density at radius 3 is 2.69 bits per heavy atom. The molecule has 0 unspecified atom stereocenters. The molecule has 0 amide bonds. The third kappa shape index (κ3) is 3.00. The molecule has 1 aromatic heterocycles. The molecule has 0 bridgehead atoms. The smallest absolute Gasteiger partial charge is 0.291 e. The van der Waals surface area contributed by atoms with Crippen LogP contribution in [0.1, 0.15) is 4.88 Å². The second-order valence-electron chi connectivity index (χ2n) is 2.29. The van der Waals surface area contributed by atoms with Gasteiger partial charge in [0.25, 0.3) is 0 Å². The van der Waals surface area contributed by atoms with Crippen molar-refractivity contribution < 1.29 is 13.6 Å². The largest absolute Gasteiger partial charge is 0.380 e. The molecule has 1 heterocycles. The van der Waals surface area contributed by atoms with E-state index >= 15 is 0 Å². The quantitative estimate of drug-likeness (QED) is 0.779. The fourth-order valence-electron chi connectivity index (χ4n) is 0.697. The van der Waals surface area contributed by atoms with Crippen LogP contribution in [-0.4, -0.2) is 11.2 Å². The van der Waals surface area contributed by atoms with Crippen LogP contribution in [0.2, 0.25) is 0 Å². The third-order valence-electron chi connectivity index (χ3n) is 1.33. The Labute approximate surface area is 90.8 Å². The standard InChI is InChI=1S/C7H4BrClF2OS/c8-4-1-2-13-5(4)3-6(12)7(9,10)11/h1-2H,3H2. The van der Waals surface area contributed by atoms with Gasteiger partial charge in [-0.05, 0) is 39.0 Å². The first kappa shape index (κ1) is 11.1. The number of alkyl halides is 3. The summed E-state index contributed by atoms with van der Waals surface area (Å²) in [6.07, 6.45) is -0.339. The van der Waals surface area contributed by atoms with E-state index < -0.39 is 11.2 Å². The molecule has 1 rings (SSSR count). The predicted octanol–water partition coefficient (Wildman–Crippen LogP) is 3.45. The van der Waals surface area contributed by atoms with Gasteiger partial charge in [0.15, 0.2) is 0 Å². The van der Waals surface area contributed by atoms with Crippen molar-refractivity contribution in [3.05, 3.63) is 20.8 Å². The first-order valence-electron chi connectivity index (χ1n) is 3.23. The molecule has 72 valence electrons. The van der Waals surface area contributed by atoms with E-state index in [2.05, 4.69) is 27.5 Å². The molecule has 6 heteroatoms. The van der Waals surface area contributed by atoms with Crippen molar-refractivity contribution in [2.24, 2.45) is 0 Å². The molecule has 0 aliphatic heterocycles. The normalized spacial score (nSPS) is 11.7. The summed E-state index contributed by atoms with van der Waals surface area (Å²) in [5.41, 5.74) is 0. The van der Waals surface area contributed by atoms with E-state index in [4.69, 9.17) is 0 Å². The van der Waals surface area contributed by atoms with Crippen molar-refractivity contribution in [3.63, 3.8) is 0 Å². The van der Waals surface area contributed by atoms with Crippen LogP contribution in [0.15, 0.2) is 15.9 Å². The second-order valence-corrected chi connectivity index (χ2v) is 4.62. The fourth-order valence-corrected chi connectivity index (χ4v) is 2.26. The molecule has 1 aromatic rings. The number of halogens is 4. The highest BCUT2D eigenvalue weighted by atomic mass is 79.9. The van der Waals surface area contributed by atoms with E-state index in [9.17, 15) is 13.6 Å². The Bertz CT molecular complexity index is 321. The summed E-state index contributed by atoms with van der Waals surface area (Å²) in [7, 11) is 0. The molecule has 0 aromatic carbocycles. The molecule has 0 fully saturated rings. The maximum atomic E-state index is 12.2. The van der Waals surface area contributed by atoms with Gasteiger partial charge in [-0.25, -0.2) is 0 Å². The van der Waals surface area contributed by atoms with E-state index in [1.165, 1.54) is 11.3 Å². The van der Waals surface area contributed by atoms with Crippen molar-refractivity contribution in [3.8, 4) is 0 Å². The summed E-state index contributed by atoms with van der Waals surface area (Å²) in [5, 5.41) is -2.05. The minimum absolute atomic E-state index is 0.339. The minimum Gasteiger partial charge on any atom is -0.291 e. The Balaban J connectivity index is 2.71. The van der Waals surface area contributed by atoms with E-state index in [0.29, 0.717) is 9.35 Å². The number of ketones is 1. The number of carbonyl (C=O) groups is 1. The molecule has 0 atom stereocenters. The highest BCUT2D eigenvalue weighted by Crippen LogP contribution is 2.27. The highest BCUT2D eigenvalue weighted by molar-refractivity contribution is 9.10.